The largest absolute Gasteiger partial charge is 0.495 e. The molecule has 0 unspecified atom stereocenters. The molecule has 6 heteroatoms. The summed E-state index contributed by atoms with van der Waals surface area (Å²) in [5, 5.41) is 0. The van der Waals surface area contributed by atoms with Gasteiger partial charge >= 0.3 is 0 Å². The number of fused-ring (bicyclic) bond motifs is 1. The van der Waals surface area contributed by atoms with Crippen LogP contribution in [0.1, 0.15) is 0 Å². The first-order chi connectivity index (χ1) is 9.70. The number of hydrogen-bond acceptors (Lipinski definition) is 4. The molecule has 0 aliphatic carbocycles. The second-order valence-corrected chi connectivity index (χ2v) is 5.09. The minimum absolute atomic E-state index is 0.750. The Balaban J connectivity index is 2.17. The van der Waals surface area contributed by atoms with Gasteiger partial charge in [-0.25, -0.2) is 9.97 Å². The fourth-order valence-electron chi connectivity index (χ4n) is 2.13. The quantitative estimate of drug-likeness (QED) is 0.738. The average Bonchev–Trinajstić information content (AvgIpc) is 2.93. The molecule has 20 heavy (non-hydrogen) atoms. The van der Waals surface area contributed by atoms with Crippen molar-refractivity contribution >= 4 is 33.1 Å². The number of anilines is 2. The number of ether oxygens (including phenoxy) is 1. The van der Waals surface area contributed by atoms with Crippen LogP contribution >= 0.6 is 15.9 Å². The van der Waals surface area contributed by atoms with Gasteiger partial charge in [0.2, 0.25) is 0 Å². The van der Waals surface area contributed by atoms with E-state index in [4.69, 9.17) is 4.74 Å². The maximum atomic E-state index is 5.40. The molecule has 5 nitrogen and oxygen atoms in total. The molecule has 2 heterocycles. The Morgan fingerprint density at radius 3 is 2.90 bits per heavy atom. The summed E-state index contributed by atoms with van der Waals surface area (Å²) < 4.78 is 8.08. The highest BCUT2D eigenvalue weighted by Crippen LogP contribution is 2.33. The van der Waals surface area contributed by atoms with Crippen LogP contribution in [0.5, 0.6) is 5.75 Å². The van der Waals surface area contributed by atoms with E-state index < -0.39 is 0 Å². The fraction of sp³-hybridized carbons (Fsp3) is 0.143. The highest BCUT2D eigenvalue weighted by molar-refractivity contribution is 9.10. The van der Waals surface area contributed by atoms with Crippen LogP contribution in [0.2, 0.25) is 0 Å². The molecule has 0 atom stereocenters. The normalized spacial score (nSPS) is 10.8. The van der Waals surface area contributed by atoms with E-state index >= 15 is 0 Å². The van der Waals surface area contributed by atoms with E-state index in [9.17, 15) is 0 Å². The average molecular weight is 333 g/mol. The van der Waals surface area contributed by atoms with E-state index in [0.29, 0.717) is 0 Å². The minimum Gasteiger partial charge on any atom is -0.495 e. The zero-order chi connectivity index (χ0) is 14.1. The molecule has 3 rings (SSSR count). The van der Waals surface area contributed by atoms with Crippen LogP contribution in [0, 0.1) is 0 Å². The van der Waals surface area contributed by atoms with Gasteiger partial charge in [0, 0.05) is 25.6 Å². The Morgan fingerprint density at radius 2 is 2.10 bits per heavy atom. The maximum Gasteiger partial charge on any atom is 0.180 e. The van der Waals surface area contributed by atoms with Gasteiger partial charge in [-0.3, -0.25) is 0 Å². The van der Waals surface area contributed by atoms with E-state index in [1.807, 2.05) is 53.0 Å². The van der Waals surface area contributed by atoms with Gasteiger partial charge in [0.25, 0.3) is 0 Å². The second-order valence-electron chi connectivity index (χ2n) is 4.28. The number of nitrogens with zero attached hydrogens (tertiary/aromatic N) is 4. The van der Waals surface area contributed by atoms with Gasteiger partial charge in [-0.2, -0.15) is 0 Å². The van der Waals surface area contributed by atoms with Gasteiger partial charge in [0.05, 0.1) is 12.8 Å². The van der Waals surface area contributed by atoms with Crippen molar-refractivity contribution in [3.05, 3.63) is 47.5 Å². The summed E-state index contributed by atoms with van der Waals surface area (Å²) in [6.45, 7) is 0. The maximum absolute atomic E-state index is 5.40. The third kappa shape index (κ3) is 2.12. The lowest BCUT2D eigenvalue weighted by Gasteiger charge is -2.21. The monoisotopic (exact) mass is 332 g/mol. The van der Waals surface area contributed by atoms with Gasteiger partial charge in [0.15, 0.2) is 11.5 Å². The third-order valence-corrected chi connectivity index (χ3v) is 3.47. The van der Waals surface area contributed by atoms with Crippen LogP contribution in [-0.4, -0.2) is 28.5 Å². The van der Waals surface area contributed by atoms with E-state index in [0.717, 1.165) is 27.5 Å². The molecular formula is C14H13BrN4O. The smallest absolute Gasteiger partial charge is 0.180 e. The Hall–Kier alpha value is -2.08. The number of methoxy groups -OCH3 is 1. The van der Waals surface area contributed by atoms with Crippen molar-refractivity contribution in [3.8, 4) is 5.75 Å². The van der Waals surface area contributed by atoms with E-state index in [-0.39, 0.29) is 0 Å². The van der Waals surface area contributed by atoms with Crippen LogP contribution in [0.25, 0.3) is 5.65 Å². The first kappa shape index (κ1) is 12.9. The summed E-state index contributed by atoms with van der Waals surface area (Å²) in [4.78, 5) is 10.9. The number of para-hydroxylation sites is 2. The minimum atomic E-state index is 0.750. The van der Waals surface area contributed by atoms with E-state index in [1.165, 1.54) is 0 Å². The molecule has 0 bridgehead atoms. The topological polar surface area (TPSA) is 42.7 Å². The molecule has 0 N–H and O–H groups in total. The SMILES string of the molecule is COc1ccccc1N(C)c1nc(Br)cn2ccnc12. The van der Waals surface area contributed by atoms with Crippen molar-refractivity contribution in [1.82, 2.24) is 14.4 Å². The molecular weight excluding hydrogens is 320 g/mol. The van der Waals surface area contributed by atoms with Crippen LogP contribution in [-0.2, 0) is 0 Å². The summed E-state index contributed by atoms with van der Waals surface area (Å²) in [7, 11) is 3.60. The summed E-state index contributed by atoms with van der Waals surface area (Å²) in [6.07, 6.45) is 5.52. The molecule has 2 aromatic heterocycles. The third-order valence-electron chi connectivity index (χ3n) is 3.09. The van der Waals surface area contributed by atoms with Gasteiger partial charge in [-0.1, -0.05) is 12.1 Å². The van der Waals surface area contributed by atoms with Gasteiger partial charge in [-0.05, 0) is 28.1 Å². The van der Waals surface area contributed by atoms with Crippen LogP contribution in [0.15, 0.2) is 47.5 Å². The van der Waals surface area contributed by atoms with Crippen molar-refractivity contribution in [3.63, 3.8) is 0 Å². The highest BCUT2D eigenvalue weighted by atomic mass is 79.9. The molecule has 0 spiro atoms. The highest BCUT2D eigenvalue weighted by Gasteiger charge is 2.15. The molecule has 102 valence electrons. The number of imidazole rings is 1. The number of rotatable bonds is 3. The Morgan fingerprint density at radius 1 is 1.30 bits per heavy atom. The molecule has 1 aromatic carbocycles. The van der Waals surface area contributed by atoms with Crippen molar-refractivity contribution in [2.45, 2.75) is 0 Å². The molecule has 0 amide bonds. The molecule has 0 saturated heterocycles. The lowest BCUT2D eigenvalue weighted by Crippen LogP contribution is -2.14. The van der Waals surface area contributed by atoms with E-state index in [1.54, 1.807) is 13.3 Å². The second kappa shape index (κ2) is 5.13. The lowest BCUT2D eigenvalue weighted by molar-refractivity contribution is 0.415. The number of halogens is 1. The van der Waals surface area contributed by atoms with E-state index in [2.05, 4.69) is 25.9 Å². The molecule has 0 aliphatic rings. The van der Waals surface area contributed by atoms with Crippen LogP contribution in [0.4, 0.5) is 11.5 Å². The van der Waals surface area contributed by atoms with Gasteiger partial charge < -0.3 is 14.0 Å². The number of hydrogen-bond donors (Lipinski definition) is 0. The Labute approximate surface area is 125 Å². The standard InChI is InChI=1S/C14H13BrN4O/c1-18(10-5-3-4-6-11(10)20-2)14-13-16-7-8-19(13)9-12(15)17-14/h3-9H,1-2H3. The lowest BCUT2D eigenvalue weighted by atomic mass is 10.2. The summed E-state index contributed by atoms with van der Waals surface area (Å²) in [5.74, 6) is 1.55. The summed E-state index contributed by atoms with van der Waals surface area (Å²) in [6, 6.07) is 7.82. The van der Waals surface area contributed by atoms with Crippen molar-refractivity contribution < 1.29 is 4.74 Å². The fourth-order valence-corrected chi connectivity index (χ4v) is 2.52. The van der Waals surface area contributed by atoms with Crippen molar-refractivity contribution in [2.75, 3.05) is 19.1 Å². The van der Waals surface area contributed by atoms with Gasteiger partial charge in [-0.15, -0.1) is 0 Å². The first-order valence-electron chi connectivity index (χ1n) is 6.06. The molecule has 3 aromatic rings. The summed E-state index contributed by atoms with van der Waals surface area (Å²) >= 11 is 3.43. The van der Waals surface area contributed by atoms with Crippen LogP contribution < -0.4 is 9.64 Å². The Bertz CT molecular complexity index is 756. The molecule has 0 aliphatic heterocycles. The molecule has 0 saturated carbocycles. The zero-order valence-corrected chi connectivity index (χ0v) is 12.7. The predicted octanol–water partition coefficient (Wildman–Crippen LogP) is 3.27. The van der Waals surface area contributed by atoms with Gasteiger partial charge in [0.1, 0.15) is 10.4 Å². The van der Waals surface area contributed by atoms with Crippen LogP contribution in [0.3, 0.4) is 0 Å². The van der Waals surface area contributed by atoms with Crippen molar-refractivity contribution in [1.29, 1.82) is 0 Å². The summed E-state index contributed by atoms with van der Waals surface area (Å²) in [5.41, 5.74) is 1.73. The molecule has 0 fully saturated rings. The molecule has 0 radical (unpaired) electrons. The number of benzene rings is 1. The van der Waals surface area contributed by atoms with Crippen molar-refractivity contribution in [2.24, 2.45) is 0 Å². The Kier molecular flexibility index (Phi) is 3.31. The first-order valence-corrected chi connectivity index (χ1v) is 6.86. The zero-order valence-electron chi connectivity index (χ0n) is 11.1. The number of aromatic nitrogens is 3. The predicted molar refractivity (Wildman–Crippen MR) is 81.7 cm³/mol.